The number of aliphatic imine (C=N–C) groups is 1. The molecule has 0 N–H and O–H groups in total. The monoisotopic (exact) mass is 441 g/mol. The molecular weight excluding hydrogens is 421 g/mol. The summed E-state index contributed by atoms with van der Waals surface area (Å²) in [6.07, 6.45) is 0. The maximum absolute atomic E-state index is 6.91. The molecule has 0 saturated carbocycles. The van der Waals surface area contributed by atoms with Crippen LogP contribution in [0.1, 0.15) is 5.56 Å². The van der Waals surface area contributed by atoms with Gasteiger partial charge in [-0.3, -0.25) is 0 Å². The lowest BCUT2D eigenvalue weighted by Crippen LogP contribution is -2.32. The normalized spacial score (nSPS) is 16.0. The van der Waals surface area contributed by atoms with Crippen molar-refractivity contribution in [1.82, 2.24) is 0 Å². The molecule has 0 spiro atoms. The molecule has 4 heteroatoms. The van der Waals surface area contributed by atoms with Crippen LogP contribution in [0.4, 0.5) is 0 Å². The van der Waals surface area contributed by atoms with Gasteiger partial charge in [0.05, 0.1) is 0 Å². The van der Waals surface area contributed by atoms with Crippen LogP contribution in [0.15, 0.2) is 126 Å². The molecule has 1 unspecified atom stereocenters. The summed E-state index contributed by atoms with van der Waals surface area (Å²) in [6, 6.07) is 41.6. The zero-order valence-electron chi connectivity index (χ0n) is 16.8. The number of benzene rings is 4. The van der Waals surface area contributed by atoms with Crippen LogP contribution in [0.5, 0.6) is 0 Å². The first-order valence-corrected chi connectivity index (χ1v) is 12.4. The van der Waals surface area contributed by atoms with Crippen molar-refractivity contribution in [3.63, 3.8) is 0 Å². The average Bonchev–Trinajstić information content (AvgIpc) is 3.24. The fourth-order valence-electron chi connectivity index (χ4n) is 4.07. The number of hydrogen-bond acceptors (Lipinski definition) is 1. The number of hydrogen-bond donors (Lipinski definition) is 0. The minimum absolute atomic E-state index is 0.572. The van der Waals surface area contributed by atoms with E-state index in [9.17, 15) is 0 Å². The molecule has 1 heterocycles. The van der Waals surface area contributed by atoms with Crippen molar-refractivity contribution < 1.29 is 4.74 Å². The Kier molecular flexibility index (Phi) is 5.51. The Morgan fingerprint density at radius 2 is 0.968 bits per heavy atom. The van der Waals surface area contributed by atoms with Gasteiger partial charge in [-0.25, -0.2) is 4.99 Å². The third-order valence-electron chi connectivity index (χ3n) is 5.43. The van der Waals surface area contributed by atoms with Crippen molar-refractivity contribution in [2.45, 2.75) is 5.56 Å². The van der Waals surface area contributed by atoms with Gasteiger partial charge in [-0.15, -0.1) is 0 Å². The van der Waals surface area contributed by atoms with Gasteiger partial charge in [0.25, 0.3) is 0 Å². The van der Waals surface area contributed by atoms with Gasteiger partial charge in [0.1, 0.15) is 5.42 Å². The molecule has 1 atom stereocenters. The molecule has 0 amide bonds. The van der Waals surface area contributed by atoms with E-state index in [-0.39, 0.29) is 0 Å². The van der Waals surface area contributed by atoms with Gasteiger partial charge in [-0.05, 0) is 28.0 Å². The lowest BCUT2D eigenvalue weighted by Gasteiger charge is -2.30. The minimum Gasteiger partial charge on any atom is -0.451 e. The number of alkyl halides is 1. The van der Waals surface area contributed by atoms with Gasteiger partial charge in [0.2, 0.25) is 11.5 Å². The lowest BCUT2D eigenvalue weighted by atomic mass is 10.2. The van der Waals surface area contributed by atoms with Crippen molar-refractivity contribution in [3.8, 4) is 0 Å². The summed E-state index contributed by atoms with van der Waals surface area (Å²) in [5.41, 5.74) is 1.15. The van der Waals surface area contributed by atoms with E-state index >= 15 is 0 Å². The van der Waals surface area contributed by atoms with Crippen LogP contribution in [0, 0.1) is 0 Å². The van der Waals surface area contributed by atoms with E-state index in [1.807, 2.05) is 48.5 Å². The first-order chi connectivity index (χ1) is 15.3. The van der Waals surface area contributed by atoms with Crippen LogP contribution in [0.3, 0.4) is 0 Å². The first kappa shape index (κ1) is 19.9. The lowest BCUT2D eigenvalue weighted by molar-refractivity contribution is 0.347. The highest BCUT2D eigenvalue weighted by molar-refractivity contribution is 7.95. The molecule has 1 aliphatic rings. The maximum Gasteiger partial charge on any atom is 0.223 e. The molecular formula is C27H21ClNOP. The van der Waals surface area contributed by atoms with Crippen molar-refractivity contribution in [2.75, 3.05) is 0 Å². The summed E-state index contributed by atoms with van der Waals surface area (Å²) in [5, 5.41) is 3.61. The van der Waals surface area contributed by atoms with Gasteiger partial charge in [-0.2, -0.15) is 0 Å². The molecule has 0 aliphatic carbocycles. The van der Waals surface area contributed by atoms with Crippen LogP contribution in [-0.4, -0.2) is 16.9 Å². The molecule has 0 bridgehead atoms. The average molecular weight is 442 g/mol. The summed E-state index contributed by atoms with van der Waals surface area (Å²) < 4.78 is 6.14. The molecule has 0 aromatic heterocycles. The van der Waals surface area contributed by atoms with Crippen molar-refractivity contribution in [1.29, 1.82) is 0 Å². The fraction of sp³-hybridized carbons (Fsp3) is 0.0370. The molecule has 0 fully saturated rings. The summed E-state index contributed by atoms with van der Waals surface area (Å²) in [6.45, 7) is -2.34. The van der Waals surface area contributed by atoms with Crippen LogP contribution in [0.25, 0.3) is 0 Å². The number of nitrogens with zero attached hydrogens (tertiary/aromatic N) is 1. The van der Waals surface area contributed by atoms with E-state index in [0.29, 0.717) is 5.90 Å². The van der Waals surface area contributed by atoms with Crippen LogP contribution >= 0.6 is 18.5 Å². The Bertz CT molecular complexity index is 1150. The second-order valence-electron chi connectivity index (χ2n) is 7.25. The highest BCUT2D eigenvalue weighted by Crippen LogP contribution is 2.49. The molecule has 5 rings (SSSR count). The number of rotatable bonds is 4. The van der Waals surface area contributed by atoms with E-state index in [1.54, 1.807) is 0 Å². The molecule has 0 saturated heterocycles. The summed E-state index contributed by atoms with van der Waals surface area (Å²) in [4.78, 5) is 5.07. The largest absolute Gasteiger partial charge is 0.451 e. The SMILES string of the molecule is ClC1OC(c2ccccc2)=NC1=P(c1ccccc1)(c1ccccc1)c1ccccc1. The molecule has 31 heavy (non-hydrogen) atoms. The number of ether oxygens (including phenoxy) is 1. The Morgan fingerprint density at radius 3 is 1.39 bits per heavy atom. The predicted octanol–water partition coefficient (Wildman–Crippen LogP) is 5.15. The van der Waals surface area contributed by atoms with Gasteiger partial charge >= 0.3 is 0 Å². The maximum atomic E-state index is 6.91. The third kappa shape index (κ3) is 3.53. The summed E-state index contributed by atoms with van der Waals surface area (Å²) in [5.74, 6) is 0.572. The fourth-order valence-corrected chi connectivity index (χ4v) is 8.79. The van der Waals surface area contributed by atoms with Gasteiger partial charge in [-0.1, -0.05) is 121 Å². The Labute approximate surface area is 187 Å². The Hall–Kier alpha value is -3.06. The highest BCUT2D eigenvalue weighted by atomic mass is 35.5. The molecule has 0 radical (unpaired) electrons. The van der Waals surface area contributed by atoms with E-state index in [1.165, 1.54) is 15.9 Å². The zero-order chi connectivity index (χ0) is 21.1. The van der Waals surface area contributed by atoms with E-state index in [4.69, 9.17) is 21.3 Å². The van der Waals surface area contributed by atoms with Crippen molar-refractivity contribution >= 4 is 45.7 Å². The second-order valence-corrected chi connectivity index (χ2v) is 11.0. The predicted molar refractivity (Wildman–Crippen MR) is 134 cm³/mol. The van der Waals surface area contributed by atoms with E-state index in [2.05, 4.69) is 72.8 Å². The third-order valence-corrected chi connectivity index (χ3v) is 10.1. The number of halogens is 1. The van der Waals surface area contributed by atoms with Crippen molar-refractivity contribution in [2.24, 2.45) is 4.99 Å². The molecule has 2 nitrogen and oxygen atoms in total. The Morgan fingerprint density at radius 1 is 0.581 bits per heavy atom. The van der Waals surface area contributed by atoms with E-state index in [0.717, 1.165) is 11.0 Å². The standard InChI is InChI=1S/C27H21ClNOP/c28-25-27(29-26(30-25)21-13-5-1-6-14-21)31(22-15-7-2-8-16-22,23-17-9-3-10-18-23)24-19-11-4-12-20-24/h1-20,25H. The minimum atomic E-state index is -2.34. The molecule has 152 valence electrons. The quantitative estimate of drug-likeness (QED) is 0.317. The first-order valence-electron chi connectivity index (χ1n) is 10.2. The van der Waals surface area contributed by atoms with E-state index < -0.39 is 12.4 Å². The van der Waals surface area contributed by atoms with Gasteiger partial charge in [0.15, 0.2) is 0 Å². The topological polar surface area (TPSA) is 21.6 Å². The summed E-state index contributed by atoms with van der Waals surface area (Å²) in [7, 11) is 0. The van der Waals surface area contributed by atoms with Crippen LogP contribution in [-0.2, 0) is 4.74 Å². The highest BCUT2D eigenvalue weighted by Gasteiger charge is 2.37. The van der Waals surface area contributed by atoms with Crippen LogP contribution in [0.2, 0.25) is 0 Å². The van der Waals surface area contributed by atoms with Gasteiger partial charge in [0, 0.05) is 12.4 Å². The Balaban J connectivity index is 1.92. The molecule has 1 aliphatic heterocycles. The zero-order valence-corrected chi connectivity index (χ0v) is 18.5. The second kappa shape index (κ2) is 8.59. The van der Waals surface area contributed by atoms with Crippen molar-refractivity contribution in [3.05, 3.63) is 127 Å². The molecule has 4 aromatic carbocycles. The summed E-state index contributed by atoms with van der Waals surface area (Å²) >= 11 is 6.91. The molecule has 4 aromatic rings. The van der Waals surface area contributed by atoms with Crippen LogP contribution < -0.4 is 15.9 Å². The smallest absolute Gasteiger partial charge is 0.223 e. The van der Waals surface area contributed by atoms with Gasteiger partial charge < -0.3 is 4.74 Å².